The zero-order chi connectivity index (χ0) is 12.0. The van der Waals surface area contributed by atoms with Crippen molar-refractivity contribution in [3.05, 3.63) is 0 Å². The van der Waals surface area contributed by atoms with Gasteiger partial charge in [-0.1, -0.05) is 0 Å². The molecule has 8 heteroatoms. The lowest BCUT2D eigenvalue weighted by Gasteiger charge is -2.14. The molecule has 2 atom stereocenters. The first-order valence-electron chi connectivity index (χ1n) is 4.00. The van der Waals surface area contributed by atoms with Gasteiger partial charge in [0.1, 0.15) is 12.1 Å². The van der Waals surface area contributed by atoms with E-state index in [0.29, 0.717) is 0 Å². The molecule has 86 valence electrons. The number of carboxylic acids is 2. The molecule has 0 unspecified atom stereocenters. The Balaban J connectivity index is 4.35. The summed E-state index contributed by atoms with van der Waals surface area (Å²) >= 11 is 0. The van der Waals surface area contributed by atoms with Gasteiger partial charge in [-0.25, -0.2) is 4.79 Å². The van der Waals surface area contributed by atoms with Crippen molar-refractivity contribution < 1.29 is 29.7 Å². The normalized spacial score (nSPS) is 14.0. The minimum atomic E-state index is -1.55. The van der Waals surface area contributed by atoms with Crippen LogP contribution in [-0.4, -0.2) is 51.9 Å². The number of aliphatic hydroxyl groups excluding tert-OH is 1. The highest BCUT2D eigenvalue weighted by Gasteiger charge is 2.25. The van der Waals surface area contributed by atoms with Gasteiger partial charge < -0.3 is 26.4 Å². The second kappa shape index (κ2) is 5.94. The van der Waals surface area contributed by atoms with E-state index in [1.54, 1.807) is 0 Å². The smallest absolute Gasteiger partial charge is 0.326 e. The number of nitrogens with two attached hydrogens (primary N) is 1. The minimum absolute atomic E-state index is 0.648. The molecule has 0 aromatic rings. The molecule has 15 heavy (non-hydrogen) atoms. The Morgan fingerprint density at radius 3 is 2.13 bits per heavy atom. The van der Waals surface area contributed by atoms with Crippen molar-refractivity contribution in [3.8, 4) is 0 Å². The van der Waals surface area contributed by atoms with Crippen LogP contribution < -0.4 is 11.1 Å². The lowest BCUT2D eigenvalue weighted by Crippen LogP contribution is -2.50. The lowest BCUT2D eigenvalue weighted by molar-refractivity contribution is -0.147. The summed E-state index contributed by atoms with van der Waals surface area (Å²) in [5.74, 6) is -3.75. The zero-order valence-corrected chi connectivity index (χ0v) is 7.71. The summed E-state index contributed by atoms with van der Waals surface area (Å²) < 4.78 is 0. The average Bonchev–Trinajstić information content (AvgIpc) is 2.14. The summed E-state index contributed by atoms with van der Waals surface area (Å²) in [6, 6.07) is -2.81. The standard InChI is InChI=1S/C7H12N2O6/c8-3(2-10)6(13)9-4(7(14)15)1-5(11)12/h3-4,10H,1-2,8H2,(H,9,13)(H,11,12)(H,14,15)/t3-,4-/m0/s1. The van der Waals surface area contributed by atoms with Crippen molar-refractivity contribution >= 4 is 17.8 Å². The quantitative estimate of drug-likeness (QED) is 0.328. The van der Waals surface area contributed by atoms with Crippen LogP contribution in [0.25, 0.3) is 0 Å². The number of aliphatic carboxylic acids is 2. The summed E-state index contributed by atoms with van der Waals surface area (Å²) in [4.78, 5) is 31.8. The van der Waals surface area contributed by atoms with Crippen LogP contribution in [-0.2, 0) is 14.4 Å². The summed E-state index contributed by atoms with van der Waals surface area (Å²) in [6.07, 6.45) is -0.751. The Morgan fingerprint density at radius 1 is 1.27 bits per heavy atom. The molecule has 6 N–H and O–H groups in total. The van der Waals surface area contributed by atoms with Gasteiger partial charge in [0, 0.05) is 0 Å². The molecule has 0 saturated heterocycles. The third-order valence-corrected chi connectivity index (χ3v) is 1.53. The highest BCUT2D eigenvalue weighted by molar-refractivity contribution is 5.89. The number of amides is 1. The zero-order valence-electron chi connectivity index (χ0n) is 7.71. The maximum Gasteiger partial charge on any atom is 0.326 e. The van der Waals surface area contributed by atoms with Gasteiger partial charge in [-0.3, -0.25) is 9.59 Å². The van der Waals surface area contributed by atoms with Crippen LogP contribution in [0.5, 0.6) is 0 Å². The maximum absolute atomic E-state index is 11.0. The highest BCUT2D eigenvalue weighted by Crippen LogP contribution is 1.93. The molecule has 0 aliphatic heterocycles. The van der Waals surface area contributed by atoms with Gasteiger partial charge in [0.25, 0.3) is 0 Å². The topological polar surface area (TPSA) is 150 Å². The van der Waals surface area contributed by atoms with Crippen LogP contribution in [0, 0.1) is 0 Å². The van der Waals surface area contributed by atoms with Gasteiger partial charge in [-0.05, 0) is 0 Å². The van der Waals surface area contributed by atoms with E-state index in [1.165, 1.54) is 0 Å². The third kappa shape index (κ3) is 4.93. The molecular weight excluding hydrogens is 208 g/mol. The minimum Gasteiger partial charge on any atom is -0.481 e. The Kier molecular flexibility index (Phi) is 5.27. The van der Waals surface area contributed by atoms with Crippen LogP contribution in [0.1, 0.15) is 6.42 Å². The monoisotopic (exact) mass is 220 g/mol. The van der Waals surface area contributed by atoms with Crippen molar-refractivity contribution in [2.45, 2.75) is 18.5 Å². The van der Waals surface area contributed by atoms with E-state index in [9.17, 15) is 14.4 Å². The first kappa shape index (κ1) is 13.3. The van der Waals surface area contributed by atoms with Crippen LogP contribution in [0.2, 0.25) is 0 Å². The van der Waals surface area contributed by atoms with E-state index in [4.69, 9.17) is 21.1 Å². The molecule has 0 aliphatic carbocycles. The van der Waals surface area contributed by atoms with Crippen molar-refractivity contribution in [1.82, 2.24) is 5.32 Å². The molecule has 0 bridgehead atoms. The fourth-order valence-corrected chi connectivity index (χ4v) is 0.736. The van der Waals surface area contributed by atoms with Crippen molar-refractivity contribution in [1.29, 1.82) is 0 Å². The summed E-state index contributed by atoms with van der Waals surface area (Å²) in [5.41, 5.74) is 5.09. The second-order valence-corrected chi connectivity index (χ2v) is 2.79. The lowest BCUT2D eigenvalue weighted by atomic mass is 10.2. The highest BCUT2D eigenvalue weighted by atomic mass is 16.4. The molecule has 0 aliphatic rings. The molecular formula is C7H12N2O6. The fraction of sp³-hybridized carbons (Fsp3) is 0.571. The van der Waals surface area contributed by atoms with Gasteiger partial charge in [0.2, 0.25) is 5.91 Å². The van der Waals surface area contributed by atoms with E-state index in [-0.39, 0.29) is 0 Å². The SMILES string of the molecule is N[C@@H](CO)C(=O)N[C@@H](CC(=O)O)C(=O)O. The third-order valence-electron chi connectivity index (χ3n) is 1.53. The number of hydrogen-bond donors (Lipinski definition) is 5. The molecule has 0 rings (SSSR count). The van der Waals surface area contributed by atoms with Gasteiger partial charge in [-0.15, -0.1) is 0 Å². The molecule has 0 spiro atoms. The van der Waals surface area contributed by atoms with Crippen LogP contribution in [0.3, 0.4) is 0 Å². The number of hydrogen-bond acceptors (Lipinski definition) is 5. The van der Waals surface area contributed by atoms with Gasteiger partial charge in [0.15, 0.2) is 0 Å². The van der Waals surface area contributed by atoms with E-state index in [0.717, 1.165) is 0 Å². The number of aliphatic hydroxyl groups is 1. The molecule has 8 nitrogen and oxygen atoms in total. The van der Waals surface area contributed by atoms with Crippen molar-refractivity contribution in [2.75, 3.05) is 6.61 Å². The predicted octanol–water partition coefficient (Wildman–Crippen LogP) is -2.65. The van der Waals surface area contributed by atoms with Crippen LogP contribution in [0.4, 0.5) is 0 Å². The van der Waals surface area contributed by atoms with Crippen molar-refractivity contribution in [2.24, 2.45) is 5.73 Å². The average molecular weight is 220 g/mol. The van der Waals surface area contributed by atoms with E-state index >= 15 is 0 Å². The van der Waals surface area contributed by atoms with Crippen molar-refractivity contribution in [3.63, 3.8) is 0 Å². The molecule has 0 aromatic heterocycles. The fourth-order valence-electron chi connectivity index (χ4n) is 0.736. The van der Waals surface area contributed by atoms with Gasteiger partial charge in [0.05, 0.1) is 13.0 Å². The van der Waals surface area contributed by atoms with Crippen LogP contribution in [0.15, 0.2) is 0 Å². The Morgan fingerprint density at radius 2 is 1.80 bits per heavy atom. The molecule has 0 saturated carbocycles. The number of rotatable bonds is 6. The summed E-state index contributed by atoms with van der Waals surface area (Å²) in [5, 5.41) is 27.3. The largest absolute Gasteiger partial charge is 0.481 e. The molecule has 0 radical (unpaired) electrons. The van der Waals surface area contributed by atoms with Gasteiger partial charge in [-0.2, -0.15) is 0 Å². The molecule has 0 heterocycles. The first-order chi connectivity index (χ1) is 6.88. The number of carboxylic acid groups (broad SMARTS) is 2. The first-order valence-corrected chi connectivity index (χ1v) is 4.00. The summed E-state index contributed by atoms with van der Waals surface area (Å²) in [6.45, 7) is -0.648. The Labute approximate surface area is 84.7 Å². The Bertz CT molecular complexity index is 266. The Hall–Kier alpha value is -1.67. The number of nitrogens with one attached hydrogen (secondary N) is 1. The maximum atomic E-state index is 11.0. The molecule has 0 aromatic carbocycles. The van der Waals surface area contributed by atoms with E-state index in [2.05, 4.69) is 0 Å². The summed E-state index contributed by atoms with van der Waals surface area (Å²) in [7, 11) is 0. The van der Waals surface area contributed by atoms with E-state index < -0.39 is 43.0 Å². The molecule has 1 amide bonds. The predicted molar refractivity (Wildman–Crippen MR) is 46.9 cm³/mol. The van der Waals surface area contributed by atoms with Crippen LogP contribution >= 0.6 is 0 Å². The number of carbonyl (C=O) groups is 3. The van der Waals surface area contributed by atoms with Gasteiger partial charge >= 0.3 is 11.9 Å². The van der Waals surface area contributed by atoms with E-state index in [1.807, 2.05) is 5.32 Å². The molecule has 0 fully saturated rings. The number of carbonyl (C=O) groups excluding carboxylic acids is 1. The second-order valence-electron chi connectivity index (χ2n) is 2.79.